The van der Waals surface area contributed by atoms with E-state index >= 15 is 0 Å². The molecule has 7 nitrogen and oxygen atoms in total. The molecule has 0 bridgehead atoms. The van der Waals surface area contributed by atoms with Crippen LogP contribution in [-0.2, 0) is 4.79 Å². The molecule has 1 fully saturated rings. The third-order valence-corrected chi connectivity index (χ3v) is 5.73. The highest BCUT2D eigenvalue weighted by Crippen LogP contribution is 2.38. The van der Waals surface area contributed by atoms with Gasteiger partial charge >= 0.3 is 12.0 Å². The predicted molar refractivity (Wildman–Crippen MR) is 102 cm³/mol. The summed E-state index contributed by atoms with van der Waals surface area (Å²) >= 11 is 0. The van der Waals surface area contributed by atoms with E-state index in [9.17, 15) is 9.59 Å². The number of rotatable bonds is 7. The van der Waals surface area contributed by atoms with E-state index in [1.54, 1.807) is 0 Å². The second-order valence-electron chi connectivity index (χ2n) is 7.59. The average molecular weight is 375 g/mol. The van der Waals surface area contributed by atoms with E-state index in [0.29, 0.717) is 6.54 Å². The molecule has 1 heterocycles. The lowest BCUT2D eigenvalue weighted by molar-refractivity contribution is -0.139. The molecule has 27 heavy (non-hydrogen) atoms. The number of likely N-dealkylation sites (N-methyl/N-ethyl adjacent to an activating group) is 1. The maximum absolute atomic E-state index is 12.3. The van der Waals surface area contributed by atoms with Crippen molar-refractivity contribution in [1.82, 2.24) is 15.5 Å². The number of benzene rings is 1. The molecule has 3 rings (SSSR count). The van der Waals surface area contributed by atoms with Gasteiger partial charge in [-0.25, -0.2) is 4.79 Å². The third kappa shape index (κ3) is 4.35. The van der Waals surface area contributed by atoms with Crippen molar-refractivity contribution in [1.29, 1.82) is 0 Å². The van der Waals surface area contributed by atoms with Crippen LogP contribution in [0.15, 0.2) is 24.3 Å². The number of ether oxygens (including phenoxy) is 1. The van der Waals surface area contributed by atoms with Crippen molar-refractivity contribution >= 4 is 12.0 Å². The summed E-state index contributed by atoms with van der Waals surface area (Å²) in [4.78, 5) is 25.2. The van der Waals surface area contributed by atoms with Crippen LogP contribution in [0.4, 0.5) is 4.79 Å². The topological polar surface area (TPSA) is 90.9 Å². The third-order valence-electron chi connectivity index (χ3n) is 5.73. The number of carbonyl (C=O) groups excluding carboxylic acids is 1. The molecule has 1 aliphatic carbocycles. The van der Waals surface area contributed by atoms with Crippen LogP contribution in [-0.4, -0.2) is 59.3 Å². The van der Waals surface area contributed by atoms with Gasteiger partial charge in [-0.15, -0.1) is 0 Å². The molecule has 0 spiro atoms. The SMILES string of the molecule is CCN(CC(=O)O)C1CC(NC(=O)NC(C)C2Oc3ccccc3C2C)C1. The number of hydrogen-bond acceptors (Lipinski definition) is 4. The van der Waals surface area contributed by atoms with E-state index in [1.807, 2.05) is 36.9 Å². The maximum atomic E-state index is 12.3. The minimum Gasteiger partial charge on any atom is -0.487 e. The van der Waals surface area contributed by atoms with Gasteiger partial charge in [0.15, 0.2) is 0 Å². The quantitative estimate of drug-likeness (QED) is 0.679. The van der Waals surface area contributed by atoms with Crippen LogP contribution in [0.1, 0.15) is 45.1 Å². The standard InChI is InChI=1S/C20H29N3O4/c1-4-23(11-18(24)25)15-9-14(10-15)22-20(26)21-13(3)19-12(2)16-7-5-6-8-17(16)27-19/h5-8,12-15,19H,4,9-11H2,1-3H3,(H,24,25)(H2,21,22,26). The number of amides is 2. The summed E-state index contributed by atoms with van der Waals surface area (Å²) in [5.74, 6) is 0.300. The molecule has 0 aromatic heterocycles. The second kappa shape index (κ2) is 8.17. The summed E-state index contributed by atoms with van der Waals surface area (Å²) in [6.07, 6.45) is 1.48. The van der Waals surface area contributed by atoms with Crippen LogP contribution in [0.5, 0.6) is 5.75 Å². The zero-order valence-electron chi connectivity index (χ0n) is 16.1. The highest BCUT2D eigenvalue weighted by Gasteiger charge is 2.37. The molecule has 1 aliphatic heterocycles. The summed E-state index contributed by atoms with van der Waals surface area (Å²) in [6, 6.07) is 7.98. The van der Waals surface area contributed by atoms with Crippen LogP contribution < -0.4 is 15.4 Å². The normalized spacial score (nSPS) is 27.3. The molecule has 3 N–H and O–H groups in total. The van der Waals surface area contributed by atoms with Crippen molar-refractivity contribution in [3.05, 3.63) is 29.8 Å². The number of urea groups is 1. The molecule has 0 radical (unpaired) electrons. The molecule has 1 saturated carbocycles. The van der Waals surface area contributed by atoms with Gasteiger partial charge < -0.3 is 20.5 Å². The van der Waals surface area contributed by atoms with Crippen molar-refractivity contribution in [2.45, 2.75) is 63.8 Å². The van der Waals surface area contributed by atoms with Gasteiger partial charge in [0.1, 0.15) is 11.9 Å². The van der Waals surface area contributed by atoms with Crippen LogP contribution in [0.2, 0.25) is 0 Å². The Labute approximate surface area is 160 Å². The zero-order valence-corrected chi connectivity index (χ0v) is 16.1. The predicted octanol–water partition coefficient (Wildman–Crippen LogP) is 2.18. The largest absolute Gasteiger partial charge is 0.487 e. The van der Waals surface area contributed by atoms with Crippen molar-refractivity contribution in [3.8, 4) is 5.75 Å². The lowest BCUT2D eigenvalue weighted by Gasteiger charge is -2.42. The monoisotopic (exact) mass is 375 g/mol. The van der Waals surface area contributed by atoms with Gasteiger partial charge in [0, 0.05) is 23.6 Å². The summed E-state index contributed by atoms with van der Waals surface area (Å²) in [5.41, 5.74) is 1.18. The molecule has 0 saturated heterocycles. The average Bonchev–Trinajstić information content (AvgIpc) is 2.93. The van der Waals surface area contributed by atoms with E-state index in [2.05, 4.69) is 23.6 Å². The summed E-state index contributed by atoms with van der Waals surface area (Å²) in [6.45, 7) is 6.78. The molecule has 1 aromatic rings. The first-order valence-electron chi connectivity index (χ1n) is 9.67. The van der Waals surface area contributed by atoms with Gasteiger partial charge in [0.25, 0.3) is 0 Å². The highest BCUT2D eigenvalue weighted by atomic mass is 16.5. The zero-order chi connectivity index (χ0) is 19.6. The highest BCUT2D eigenvalue weighted by molar-refractivity contribution is 5.75. The van der Waals surface area contributed by atoms with Crippen LogP contribution >= 0.6 is 0 Å². The molecule has 148 valence electrons. The summed E-state index contributed by atoms with van der Waals surface area (Å²) < 4.78 is 6.02. The first-order valence-corrected chi connectivity index (χ1v) is 9.67. The first-order chi connectivity index (χ1) is 12.9. The molecular weight excluding hydrogens is 346 g/mol. The van der Waals surface area contributed by atoms with Crippen molar-refractivity contribution in [2.75, 3.05) is 13.1 Å². The molecule has 7 heteroatoms. The number of aliphatic carboxylic acids is 1. The number of nitrogens with zero attached hydrogens (tertiary/aromatic N) is 1. The van der Waals surface area contributed by atoms with Crippen molar-refractivity contribution in [2.24, 2.45) is 0 Å². The second-order valence-corrected chi connectivity index (χ2v) is 7.59. The number of para-hydroxylation sites is 1. The van der Waals surface area contributed by atoms with Gasteiger partial charge in [-0.05, 0) is 32.4 Å². The Bertz CT molecular complexity index is 690. The molecule has 2 aliphatic rings. The Morgan fingerprint density at radius 3 is 2.67 bits per heavy atom. The summed E-state index contributed by atoms with van der Waals surface area (Å²) in [7, 11) is 0. The van der Waals surface area contributed by atoms with Crippen molar-refractivity contribution < 1.29 is 19.4 Å². The molecule has 3 unspecified atom stereocenters. The smallest absolute Gasteiger partial charge is 0.317 e. The van der Waals surface area contributed by atoms with Crippen molar-refractivity contribution in [3.63, 3.8) is 0 Å². The van der Waals surface area contributed by atoms with E-state index in [0.717, 1.165) is 18.6 Å². The number of carbonyl (C=O) groups is 2. The number of carboxylic acids is 1. The van der Waals surface area contributed by atoms with E-state index < -0.39 is 5.97 Å². The minimum atomic E-state index is -0.813. The maximum Gasteiger partial charge on any atom is 0.317 e. The minimum absolute atomic E-state index is 0.0502. The fourth-order valence-electron chi connectivity index (χ4n) is 4.12. The summed E-state index contributed by atoms with van der Waals surface area (Å²) in [5, 5.41) is 14.9. The van der Waals surface area contributed by atoms with Gasteiger partial charge in [-0.3, -0.25) is 9.69 Å². The van der Waals surface area contributed by atoms with E-state index in [-0.39, 0.29) is 42.7 Å². The molecule has 3 atom stereocenters. The Morgan fingerprint density at radius 2 is 2.04 bits per heavy atom. The Hall–Kier alpha value is -2.28. The number of fused-ring (bicyclic) bond motifs is 1. The van der Waals surface area contributed by atoms with E-state index in [4.69, 9.17) is 9.84 Å². The van der Waals surface area contributed by atoms with Gasteiger partial charge in [-0.2, -0.15) is 0 Å². The lowest BCUT2D eigenvalue weighted by atomic mass is 9.85. The van der Waals surface area contributed by atoms with Crippen LogP contribution in [0.3, 0.4) is 0 Å². The first kappa shape index (κ1) is 19.5. The Kier molecular flexibility index (Phi) is 5.89. The molecule has 1 aromatic carbocycles. The molecule has 2 amide bonds. The fourth-order valence-corrected chi connectivity index (χ4v) is 4.12. The van der Waals surface area contributed by atoms with Gasteiger partial charge in [0.2, 0.25) is 0 Å². The molecular formula is C20H29N3O4. The van der Waals surface area contributed by atoms with Gasteiger partial charge in [-0.1, -0.05) is 32.0 Å². The fraction of sp³-hybridized carbons (Fsp3) is 0.600. The number of nitrogens with one attached hydrogen (secondary N) is 2. The lowest BCUT2D eigenvalue weighted by Crippen LogP contribution is -2.58. The Morgan fingerprint density at radius 1 is 1.33 bits per heavy atom. The van der Waals surface area contributed by atoms with Gasteiger partial charge in [0.05, 0.1) is 12.6 Å². The number of hydrogen-bond donors (Lipinski definition) is 3. The van der Waals surface area contributed by atoms with E-state index in [1.165, 1.54) is 5.56 Å². The van der Waals surface area contributed by atoms with Crippen LogP contribution in [0, 0.1) is 0 Å². The van der Waals surface area contributed by atoms with Crippen LogP contribution in [0.25, 0.3) is 0 Å². The number of carboxylic acid groups (broad SMARTS) is 1. The Balaban J connectivity index is 1.44.